The van der Waals surface area contributed by atoms with E-state index in [2.05, 4.69) is 52.5 Å². The van der Waals surface area contributed by atoms with E-state index in [0.29, 0.717) is 0 Å². The predicted molar refractivity (Wildman–Crippen MR) is 91.8 cm³/mol. The van der Waals surface area contributed by atoms with E-state index in [9.17, 15) is 0 Å². The molecule has 0 bridgehead atoms. The van der Waals surface area contributed by atoms with E-state index in [1.165, 1.54) is 5.56 Å². The summed E-state index contributed by atoms with van der Waals surface area (Å²) in [6, 6.07) is 6.29. The second-order valence-corrected chi connectivity index (χ2v) is 6.40. The first kappa shape index (κ1) is 16.5. The quantitative estimate of drug-likeness (QED) is 0.772. The highest BCUT2D eigenvalue weighted by Crippen LogP contribution is 2.28. The number of nitrogens with zero attached hydrogens (tertiary/aromatic N) is 2. The van der Waals surface area contributed by atoms with Crippen molar-refractivity contribution in [3.8, 4) is 0 Å². The molecule has 1 heterocycles. The molecule has 2 rings (SSSR count). The second kappa shape index (κ2) is 7.97. The van der Waals surface area contributed by atoms with E-state index < -0.39 is 0 Å². The van der Waals surface area contributed by atoms with Crippen LogP contribution in [0, 0.1) is 0 Å². The molecule has 0 spiro atoms. The minimum Gasteiger partial charge on any atom is -0.310 e. The normalized spacial score (nSPS) is 12.6. The summed E-state index contributed by atoms with van der Waals surface area (Å²) in [6.07, 6.45) is 6.03. The van der Waals surface area contributed by atoms with E-state index in [4.69, 9.17) is 11.6 Å². The molecule has 1 unspecified atom stereocenters. The maximum Gasteiger partial charge on any atom is 0.0522 e. The molecule has 0 saturated carbocycles. The molecule has 114 valence electrons. The molecular formula is C16H21BrClN3. The molecule has 1 atom stereocenters. The third kappa shape index (κ3) is 4.56. The van der Waals surface area contributed by atoms with Crippen LogP contribution in [0.3, 0.4) is 0 Å². The summed E-state index contributed by atoms with van der Waals surface area (Å²) >= 11 is 9.87. The zero-order chi connectivity index (χ0) is 15.2. The summed E-state index contributed by atoms with van der Waals surface area (Å²) in [5, 5.41) is 8.72. The van der Waals surface area contributed by atoms with Crippen molar-refractivity contribution in [3.05, 3.63) is 51.2 Å². The van der Waals surface area contributed by atoms with Gasteiger partial charge in [-0.3, -0.25) is 4.68 Å². The van der Waals surface area contributed by atoms with Crippen molar-refractivity contribution in [2.45, 2.75) is 39.3 Å². The number of hydrogen-bond acceptors (Lipinski definition) is 2. The summed E-state index contributed by atoms with van der Waals surface area (Å²) in [6.45, 7) is 6.13. The first-order valence-corrected chi connectivity index (χ1v) is 8.50. The third-order valence-electron chi connectivity index (χ3n) is 3.43. The van der Waals surface area contributed by atoms with Crippen molar-refractivity contribution in [1.29, 1.82) is 0 Å². The number of nitrogens with one attached hydrogen (secondary N) is 1. The van der Waals surface area contributed by atoms with Crippen LogP contribution in [-0.2, 0) is 13.0 Å². The molecule has 0 aliphatic heterocycles. The number of rotatable bonds is 7. The van der Waals surface area contributed by atoms with Crippen LogP contribution in [0.1, 0.15) is 37.4 Å². The molecule has 3 nitrogen and oxygen atoms in total. The molecule has 5 heteroatoms. The fourth-order valence-corrected chi connectivity index (χ4v) is 3.12. The maximum atomic E-state index is 6.41. The summed E-state index contributed by atoms with van der Waals surface area (Å²) in [4.78, 5) is 0. The molecule has 0 amide bonds. The summed E-state index contributed by atoms with van der Waals surface area (Å²) < 4.78 is 2.96. The van der Waals surface area contributed by atoms with Crippen LogP contribution < -0.4 is 5.32 Å². The topological polar surface area (TPSA) is 29.9 Å². The van der Waals surface area contributed by atoms with E-state index in [1.54, 1.807) is 0 Å². The van der Waals surface area contributed by atoms with Crippen LogP contribution in [-0.4, -0.2) is 16.3 Å². The number of benzene rings is 1. The average Bonchev–Trinajstić information content (AvgIpc) is 2.91. The highest BCUT2D eigenvalue weighted by atomic mass is 79.9. The molecule has 1 aromatic heterocycles. The van der Waals surface area contributed by atoms with Gasteiger partial charge in [0.2, 0.25) is 0 Å². The Morgan fingerprint density at radius 3 is 2.81 bits per heavy atom. The van der Waals surface area contributed by atoms with Crippen molar-refractivity contribution < 1.29 is 0 Å². The van der Waals surface area contributed by atoms with Gasteiger partial charge in [-0.25, -0.2) is 0 Å². The lowest BCUT2D eigenvalue weighted by atomic mass is 10.0. The summed E-state index contributed by atoms with van der Waals surface area (Å²) in [5.41, 5.74) is 2.36. The van der Waals surface area contributed by atoms with Crippen LogP contribution in [0.2, 0.25) is 5.02 Å². The Morgan fingerprint density at radius 1 is 1.38 bits per heavy atom. The predicted octanol–water partition coefficient (Wildman–Crippen LogP) is 4.60. The standard InChI is InChI=1S/C16H21BrClN3/c1-3-7-19-16(8-12-10-20-21(4-2)11-12)14-6-5-13(17)9-15(14)18/h5-6,9-11,16,19H,3-4,7-8H2,1-2H3. The number of hydrogen-bond donors (Lipinski definition) is 1. The van der Waals surface area contributed by atoms with E-state index in [1.807, 2.05) is 23.0 Å². The van der Waals surface area contributed by atoms with Crippen LogP contribution in [0.15, 0.2) is 35.1 Å². The average molecular weight is 371 g/mol. The van der Waals surface area contributed by atoms with Crippen molar-refractivity contribution >= 4 is 27.5 Å². The smallest absolute Gasteiger partial charge is 0.0522 e. The monoisotopic (exact) mass is 369 g/mol. The van der Waals surface area contributed by atoms with Crippen LogP contribution in [0.25, 0.3) is 0 Å². The van der Waals surface area contributed by atoms with Crippen LogP contribution in [0.5, 0.6) is 0 Å². The Labute approximate surface area is 139 Å². The van der Waals surface area contributed by atoms with Gasteiger partial charge in [-0.2, -0.15) is 5.10 Å². The largest absolute Gasteiger partial charge is 0.310 e. The van der Waals surface area contributed by atoms with E-state index >= 15 is 0 Å². The molecule has 0 aliphatic carbocycles. The van der Waals surface area contributed by atoms with Crippen LogP contribution in [0.4, 0.5) is 0 Å². The highest BCUT2D eigenvalue weighted by molar-refractivity contribution is 9.10. The van der Waals surface area contributed by atoms with Gasteiger partial charge < -0.3 is 5.32 Å². The summed E-state index contributed by atoms with van der Waals surface area (Å²) in [5.74, 6) is 0. The minimum atomic E-state index is 0.208. The molecule has 0 aliphatic rings. The third-order valence-corrected chi connectivity index (χ3v) is 4.25. The van der Waals surface area contributed by atoms with Crippen molar-refractivity contribution in [1.82, 2.24) is 15.1 Å². The number of halogens is 2. The number of aryl methyl sites for hydroxylation is 1. The molecule has 1 aromatic carbocycles. The van der Waals surface area contributed by atoms with E-state index in [0.717, 1.165) is 41.0 Å². The van der Waals surface area contributed by atoms with Gasteiger partial charge in [-0.1, -0.05) is 40.5 Å². The van der Waals surface area contributed by atoms with Gasteiger partial charge in [0.25, 0.3) is 0 Å². The Morgan fingerprint density at radius 2 is 2.19 bits per heavy atom. The zero-order valence-corrected chi connectivity index (χ0v) is 14.8. The number of aromatic nitrogens is 2. The van der Waals surface area contributed by atoms with Gasteiger partial charge in [0.1, 0.15) is 0 Å². The Bertz CT molecular complexity index is 583. The fourth-order valence-electron chi connectivity index (χ4n) is 2.32. The maximum absolute atomic E-state index is 6.41. The molecule has 0 radical (unpaired) electrons. The minimum absolute atomic E-state index is 0.208. The van der Waals surface area contributed by atoms with Gasteiger partial charge in [-0.05, 0) is 49.6 Å². The lowest BCUT2D eigenvalue weighted by Crippen LogP contribution is -2.24. The van der Waals surface area contributed by atoms with Crippen molar-refractivity contribution in [3.63, 3.8) is 0 Å². The molecule has 21 heavy (non-hydrogen) atoms. The SMILES string of the molecule is CCCNC(Cc1cnn(CC)c1)c1ccc(Br)cc1Cl. The first-order chi connectivity index (χ1) is 10.1. The van der Waals surface area contributed by atoms with Crippen LogP contribution >= 0.6 is 27.5 Å². The molecule has 2 aromatic rings. The van der Waals surface area contributed by atoms with Crippen molar-refractivity contribution in [2.24, 2.45) is 0 Å². The Balaban J connectivity index is 2.20. The van der Waals surface area contributed by atoms with Gasteiger partial charge in [-0.15, -0.1) is 0 Å². The lowest BCUT2D eigenvalue weighted by molar-refractivity contribution is 0.529. The molecule has 0 fully saturated rings. The van der Waals surface area contributed by atoms with Gasteiger partial charge in [0.15, 0.2) is 0 Å². The van der Waals surface area contributed by atoms with Crippen molar-refractivity contribution in [2.75, 3.05) is 6.54 Å². The Kier molecular flexibility index (Phi) is 6.27. The summed E-state index contributed by atoms with van der Waals surface area (Å²) in [7, 11) is 0. The first-order valence-electron chi connectivity index (χ1n) is 7.33. The lowest BCUT2D eigenvalue weighted by Gasteiger charge is -2.20. The molecule has 1 N–H and O–H groups in total. The molecule has 0 saturated heterocycles. The van der Waals surface area contributed by atoms with Gasteiger partial charge in [0.05, 0.1) is 6.20 Å². The molecular weight excluding hydrogens is 350 g/mol. The Hall–Kier alpha value is -0.840. The fraction of sp³-hybridized carbons (Fsp3) is 0.438. The second-order valence-electron chi connectivity index (χ2n) is 5.08. The van der Waals surface area contributed by atoms with Gasteiger partial charge in [0, 0.05) is 28.3 Å². The van der Waals surface area contributed by atoms with E-state index in [-0.39, 0.29) is 6.04 Å². The zero-order valence-electron chi connectivity index (χ0n) is 12.4. The van der Waals surface area contributed by atoms with Gasteiger partial charge >= 0.3 is 0 Å². The highest BCUT2D eigenvalue weighted by Gasteiger charge is 2.16.